The maximum absolute atomic E-state index is 5.23. The Kier molecular flexibility index (Phi) is 52.8. The van der Waals surface area contributed by atoms with Gasteiger partial charge in [0, 0.05) is 68.3 Å². The Morgan fingerprint density at radius 1 is 0.135 bits per heavy atom. The number of unbranched alkanes of at least 4 members (excludes halogenated alkanes) is 4. The van der Waals surface area contributed by atoms with Crippen molar-refractivity contribution in [1.29, 1.82) is 0 Å². The predicted octanol–water partition coefficient (Wildman–Crippen LogP) is 31.1. The molecule has 12 rings (SSSR count). The van der Waals surface area contributed by atoms with E-state index in [-0.39, 0.29) is 93.8 Å². The van der Waals surface area contributed by atoms with Crippen molar-refractivity contribution < 1.29 is 93.8 Å². The Labute approximate surface area is 978 Å². The summed E-state index contributed by atoms with van der Waals surface area (Å²) < 4.78 is 27.2. The summed E-state index contributed by atoms with van der Waals surface area (Å²) in [5.41, 5.74) is 28.5. The maximum Gasteiger partial charge on any atom is 2.00 e. The Balaban J connectivity index is 0.000000334. The van der Waals surface area contributed by atoms with Crippen LogP contribution in [0, 0.1) is 93.8 Å². The SMILES string of the molecule is CC(C)c1cc(C(C)C)n([BH-](n2nc(C(C)C)cc2C(C)C)n2nc(C(C)C)cc2C(C)C)n1.CC(C)c1cc(C(C)C)n([BH-](n2nc(C(C)C)cc2C(C)C)n2nc(C(C)C)cc2C(C)C)n1.CC(C)c1cc(C(C)C)n([BH-](n2nc(C(C)C)cc2C(C)C)n2nc(C(C)C)cc2C(C)C)n1.CC(C)c1cc(C(C)C)n([BH-](n2nc(C(C)C)cc2C(C)C)n2nc(C(C)C)cc2C(C)C)n1.CCCCC.CCCCC.[Yb+2].[Yb+2]. The van der Waals surface area contributed by atoms with E-state index < -0.39 is 28.5 Å². The second-order valence-electron chi connectivity index (χ2n) is 50.0. The van der Waals surface area contributed by atoms with Gasteiger partial charge in [-0.05, 0) is 215 Å². The first kappa shape index (κ1) is 132. The summed E-state index contributed by atoms with van der Waals surface area (Å²) in [4.78, 5) is 0. The van der Waals surface area contributed by atoms with Gasteiger partial charge in [0.1, 0.15) is 0 Å². The van der Waals surface area contributed by atoms with E-state index in [1.165, 1.54) is 107 Å². The third-order valence-corrected chi connectivity index (χ3v) is 28.8. The molecule has 0 saturated heterocycles. The summed E-state index contributed by atoms with van der Waals surface area (Å²) in [5, 5.41) is 62.7. The van der Waals surface area contributed by atoms with Gasteiger partial charge in [-0.3, -0.25) is 0 Å². The van der Waals surface area contributed by atoms with Gasteiger partial charge in [0.2, 0.25) is 0 Å². The molecule has 0 bridgehead atoms. The summed E-state index contributed by atoms with van der Waals surface area (Å²) in [6, 6.07) is 27.5. The molecule has 0 aliphatic rings. The topological polar surface area (TPSA) is 214 Å². The first-order chi connectivity index (χ1) is 68.1. The van der Waals surface area contributed by atoms with Crippen molar-refractivity contribution in [3.8, 4) is 0 Å². The molecule has 148 heavy (non-hydrogen) atoms. The fourth-order valence-electron chi connectivity index (χ4n) is 19.3. The van der Waals surface area contributed by atoms with Gasteiger partial charge in [-0.2, -0.15) is 0 Å². The molecule has 12 aromatic rings. The van der Waals surface area contributed by atoms with Crippen LogP contribution >= 0.6 is 0 Å². The quantitative estimate of drug-likeness (QED) is 0.0328. The largest absolute Gasteiger partial charge is 2.00 e. The molecule has 0 radical (unpaired) electrons. The van der Waals surface area contributed by atoms with E-state index in [9.17, 15) is 0 Å². The monoisotopic (exact) mass is 2350 g/mol. The zero-order chi connectivity index (χ0) is 110. The van der Waals surface area contributed by atoms with Crippen LogP contribution in [0.2, 0.25) is 0 Å². The summed E-state index contributed by atoms with van der Waals surface area (Å²) in [6.45, 7) is 116. The van der Waals surface area contributed by atoms with Crippen LogP contribution in [0.15, 0.2) is 72.8 Å². The molecule has 30 heteroatoms. The number of aromatic nitrogens is 24. The van der Waals surface area contributed by atoms with E-state index in [1.807, 2.05) is 0 Å². The molecule has 0 amide bonds. The second kappa shape index (κ2) is 59.1. The third-order valence-electron chi connectivity index (χ3n) is 28.8. The molecule has 0 saturated carbocycles. The maximum atomic E-state index is 5.23. The summed E-state index contributed by atoms with van der Waals surface area (Å²) >= 11 is 0. The zero-order valence-corrected chi connectivity index (χ0v) is 107. The Morgan fingerprint density at radius 2 is 0.203 bits per heavy atom. The van der Waals surface area contributed by atoms with Crippen molar-refractivity contribution in [3.05, 3.63) is 209 Å². The van der Waals surface area contributed by atoms with Gasteiger partial charge in [-0.15, -0.1) is 0 Å². The molecule has 0 aliphatic carbocycles. The molecule has 12 aromatic heterocycles. The normalized spacial score (nSPS) is 12.3. The van der Waals surface area contributed by atoms with E-state index in [1.54, 1.807) is 0 Å². The van der Waals surface area contributed by atoms with Crippen molar-refractivity contribution in [3.63, 3.8) is 0 Å². The van der Waals surface area contributed by atoms with Crippen molar-refractivity contribution in [2.75, 3.05) is 0 Å². The fourth-order valence-corrected chi connectivity index (χ4v) is 19.3. The van der Waals surface area contributed by atoms with Crippen LogP contribution in [0.4, 0.5) is 0 Å². The average molecular weight is 2350 g/mol. The van der Waals surface area contributed by atoms with Crippen LogP contribution in [0.25, 0.3) is 0 Å². The molecule has 840 valence electrons. The minimum atomic E-state index is -1.46. The molecule has 12 heterocycles. The Morgan fingerprint density at radius 3 is 0.243 bits per heavy atom. The minimum Gasteiger partial charge on any atom is -0.400 e. The van der Waals surface area contributed by atoms with E-state index in [4.69, 9.17) is 61.2 Å². The molecule has 0 aromatic carbocycles. The van der Waals surface area contributed by atoms with Crippen molar-refractivity contribution in [2.45, 2.75) is 541 Å². The van der Waals surface area contributed by atoms with E-state index in [0.717, 1.165) is 68.3 Å². The first-order valence-electron chi connectivity index (χ1n) is 58.0. The molecular weight excluding hydrogens is 2140 g/mol. The van der Waals surface area contributed by atoms with Crippen LogP contribution in [-0.4, -0.2) is 145 Å². The van der Waals surface area contributed by atoms with Gasteiger partial charge in [0.05, 0.1) is 68.3 Å². The molecule has 0 unspecified atom stereocenters. The molecule has 0 spiro atoms. The Hall–Kier alpha value is -6.18. The minimum absolute atomic E-state index is 0. The molecule has 0 N–H and O–H groups in total. The van der Waals surface area contributed by atoms with Crippen LogP contribution in [-0.2, 0) is 0 Å². The number of hydrogen-bond donors (Lipinski definition) is 0. The molecule has 24 nitrogen and oxygen atoms in total. The molecule has 0 fully saturated rings. The van der Waals surface area contributed by atoms with Crippen LogP contribution in [0.1, 0.15) is 677 Å². The van der Waals surface area contributed by atoms with E-state index in [2.05, 4.69) is 488 Å². The summed E-state index contributed by atoms with van der Waals surface area (Å²) in [5.74, 6) is 8.51. The Bertz CT molecular complexity index is 4660. The van der Waals surface area contributed by atoms with E-state index in [0.29, 0.717) is 142 Å². The van der Waals surface area contributed by atoms with E-state index >= 15 is 0 Å². The van der Waals surface area contributed by atoms with Gasteiger partial charge in [-0.25, -0.2) is 61.2 Å². The van der Waals surface area contributed by atoms with Gasteiger partial charge in [0.15, 0.2) is 0 Å². The van der Waals surface area contributed by atoms with Gasteiger partial charge < -0.3 is 55.1 Å². The fraction of sp³-hybridized carbons (Fsp3) is 0.695. The average Bonchev–Trinajstić information content (AvgIpc) is 1.61. The number of nitrogens with zero attached hydrogens (tertiary/aromatic N) is 24. The smallest absolute Gasteiger partial charge is 0.400 e. The van der Waals surface area contributed by atoms with Crippen LogP contribution < -0.4 is 0 Å². The predicted molar refractivity (Wildman–Crippen MR) is 629 cm³/mol. The van der Waals surface area contributed by atoms with Gasteiger partial charge >= 0.3 is 122 Å². The van der Waals surface area contributed by atoms with Gasteiger partial charge in [-0.1, -0.05) is 399 Å². The zero-order valence-electron chi connectivity index (χ0n) is 103. The van der Waals surface area contributed by atoms with Crippen LogP contribution in [0.5, 0.6) is 0 Å². The molecule has 0 atom stereocenters. The van der Waals surface area contributed by atoms with Crippen molar-refractivity contribution in [2.24, 2.45) is 0 Å². The molecule has 0 aliphatic heterocycles. The second-order valence-corrected chi connectivity index (χ2v) is 50.0. The summed E-state index contributed by atoms with van der Waals surface area (Å²) in [6.07, 6.45) is 8.15. The molecular formula is C118H208B4N24Yb2. The van der Waals surface area contributed by atoms with Crippen LogP contribution in [0.3, 0.4) is 0 Å². The number of rotatable bonds is 40. The first-order valence-corrected chi connectivity index (χ1v) is 58.0. The third kappa shape index (κ3) is 33.0. The number of hydrogen-bond acceptors (Lipinski definition) is 12. The van der Waals surface area contributed by atoms with Gasteiger partial charge in [0.25, 0.3) is 0 Å². The van der Waals surface area contributed by atoms with Crippen molar-refractivity contribution >= 4 is 28.5 Å². The standard InChI is InChI=1S/4C27H46BN6.2C5H12.2Yb/c4*1-16(2)22-13-25(19(7)8)32(29-22)28(33-26(20(9)10)14-23(30-33)17(3)4)34-27(21(11)12)15-24(31-34)18(5)6;2*1-3-5-4-2;;/h4*13-21,28H,1-12H3;2*3-5H2,1-2H3;;/q4*-1;;;2*+2. The summed E-state index contributed by atoms with van der Waals surface area (Å²) in [7, 11) is -5.84. The van der Waals surface area contributed by atoms with Crippen molar-refractivity contribution in [1.82, 2.24) is 116 Å².